The molecule has 1 amide bonds. The number of carbonyl (C=O) groups is 1. The van der Waals surface area contributed by atoms with Gasteiger partial charge in [-0.3, -0.25) is 9.59 Å². The molecule has 0 fully saturated rings. The summed E-state index contributed by atoms with van der Waals surface area (Å²) in [4.78, 5) is 26.7. The molecular weight excluding hydrogens is 443 g/mol. The average molecular weight is 463 g/mol. The summed E-state index contributed by atoms with van der Waals surface area (Å²) >= 11 is 0. The molecule has 3 aromatic carbocycles. The molecule has 0 radical (unpaired) electrons. The van der Waals surface area contributed by atoms with Crippen LogP contribution in [-0.4, -0.2) is 15.1 Å². The number of pyridine rings is 1. The molecule has 0 spiro atoms. The Labute approximate surface area is 189 Å². The van der Waals surface area contributed by atoms with Crippen molar-refractivity contribution < 1.29 is 13.4 Å². The summed E-state index contributed by atoms with van der Waals surface area (Å²) in [5.41, 5.74) is 8.21. The molecule has 1 atom stereocenters. The number of carbonyl (C=O) groups excluding carboxylic acids is 1. The van der Waals surface area contributed by atoms with Gasteiger partial charge < -0.3 is 16.0 Å². The molecule has 4 aromatic rings. The fraction of sp³-hybridized carbons (Fsp3) is 0. The van der Waals surface area contributed by atoms with E-state index in [0.29, 0.717) is 11.4 Å². The molecule has 33 heavy (non-hydrogen) atoms. The number of nitrogen functional groups attached to an aromatic ring is 1. The summed E-state index contributed by atoms with van der Waals surface area (Å²) < 4.78 is 34.4. The van der Waals surface area contributed by atoms with Crippen LogP contribution in [0.25, 0.3) is 11.1 Å². The van der Waals surface area contributed by atoms with Crippen LogP contribution in [0.15, 0.2) is 99.6 Å². The lowest BCUT2D eigenvalue weighted by Gasteiger charge is -2.12. The van der Waals surface area contributed by atoms with E-state index in [-0.39, 0.29) is 26.7 Å². The van der Waals surface area contributed by atoms with Crippen molar-refractivity contribution in [1.29, 1.82) is 4.78 Å². The number of halogens is 1. The van der Waals surface area contributed by atoms with Crippen LogP contribution in [-0.2, 0) is 9.73 Å². The van der Waals surface area contributed by atoms with Gasteiger partial charge in [0, 0.05) is 17.8 Å². The number of H-pyrrole nitrogens is 1. The van der Waals surface area contributed by atoms with Gasteiger partial charge in [0.05, 0.1) is 21.2 Å². The number of rotatable bonds is 5. The number of anilines is 2. The van der Waals surface area contributed by atoms with Crippen LogP contribution in [0.1, 0.15) is 10.4 Å². The molecule has 0 bridgehead atoms. The number of amides is 1. The van der Waals surface area contributed by atoms with E-state index in [4.69, 9.17) is 10.5 Å². The first-order valence-electron chi connectivity index (χ1n) is 9.78. The first kappa shape index (κ1) is 22.0. The van der Waals surface area contributed by atoms with Crippen LogP contribution >= 0.6 is 0 Å². The van der Waals surface area contributed by atoms with Crippen molar-refractivity contribution >= 4 is 27.0 Å². The second-order valence-corrected chi connectivity index (χ2v) is 9.29. The number of aromatic nitrogens is 1. The second kappa shape index (κ2) is 8.71. The van der Waals surface area contributed by atoms with Crippen molar-refractivity contribution in [3.63, 3.8) is 0 Å². The van der Waals surface area contributed by atoms with Gasteiger partial charge in [-0.05, 0) is 65.7 Å². The van der Waals surface area contributed by atoms with Crippen LogP contribution in [0, 0.1) is 10.6 Å². The second-order valence-electron chi connectivity index (χ2n) is 7.23. The standard InChI is InChI=1S/C24H19FN4O3S/c25-18-6-1-15(2-7-18)17-5-11-21(26)22(13-17)29-24(31)16-3-8-19(9-4-16)33(27,32)20-10-12-23(30)28-14-20/h1-14,27H,26H2,(H,28,30)(H,29,31). The fourth-order valence-electron chi connectivity index (χ4n) is 3.19. The highest BCUT2D eigenvalue weighted by atomic mass is 32.2. The molecule has 4 rings (SSSR count). The molecule has 0 aliphatic carbocycles. The Morgan fingerprint density at radius 1 is 0.909 bits per heavy atom. The minimum Gasteiger partial charge on any atom is -0.397 e. The molecule has 166 valence electrons. The Balaban J connectivity index is 1.56. The number of benzene rings is 3. The van der Waals surface area contributed by atoms with Gasteiger partial charge in [-0.2, -0.15) is 0 Å². The highest BCUT2D eigenvalue weighted by Gasteiger charge is 2.15. The predicted octanol–water partition coefficient (Wildman–Crippen LogP) is 4.48. The van der Waals surface area contributed by atoms with Gasteiger partial charge in [-0.15, -0.1) is 0 Å². The molecule has 5 N–H and O–H groups in total. The summed E-state index contributed by atoms with van der Waals surface area (Å²) in [6.07, 6.45) is 1.25. The quantitative estimate of drug-likeness (QED) is 0.326. The zero-order valence-electron chi connectivity index (χ0n) is 17.2. The van der Waals surface area contributed by atoms with Crippen LogP contribution in [0.3, 0.4) is 0 Å². The molecule has 0 saturated heterocycles. The van der Waals surface area contributed by atoms with Gasteiger partial charge >= 0.3 is 0 Å². The van der Waals surface area contributed by atoms with Crippen molar-refractivity contribution in [3.05, 3.63) is 107 Å². The maximum absolute atomic E-state index is 13.2. The van der Waals surface area contributed by atoms with Gasteiger partial charge in [0.2, 0.25) is 5.56 Å². The average Bonchev–Trinajstić information content (AvgIpc) is 2.81. The molecule has 9 heteroatoms. The minimum absolute atomic E-state index is 0.157. The predicted molar refractivity (Wildman–Crippen MR) is 125 cm³/mol. The van der Waals surface area contributed by atoms with Crippen LogP contribution in [0.5, 0.6) is 0 Å². The molecule has 0 saturated carbocycles. The Kier molecular flexibility index (Phi) is 5.80. The third-order valence-corrected chi connectivity index (χ3v) is 6.87. The van der Waals surface area contributed by atoms with Crippen molar-refractivity contribution in [2.45, 2.75) is 9.79 Å². The normalized spacial score (nSPS) is 12.6. The van der Waals surface area contributed by atoms with Gasteiger partial charge in [0.15, 0.2) is 0 Å². The first-order chi connectivity index (χ1) is 15.7. The molecule has 0 aliphatic rings. The van der Waals surface area contributed by atoms with Gasteiger partial charge in [0.1, 0.15) is 15.5 Å². The smallest absolute Gasteiger partial charge is 0.255 e. The Morgan fingerprint density at radius 2 is 1.55 bits per heavy atom. The van der Waals surface area contributed by atoms with E-state index < -0.39 is 15.6 Å². The van der Waals surface area contributed by atoms with Crippen LogP contribution in [0.2, 0.25) is 0 Å². The molecule has 0 aliphatic heterocycles. The topological polar surface area (TPSA) is 129 Å². The molecule has 7 nitrogen and oxygen atoms in total. The van der Waals surface area contributed by atoms with E-state index in [2.05, 4.69) is 10.3 Å². The van der Waals surface area contributed by atoms with Crippen LogP contribution < -0.4 is 16.6 Å². The lowest BCUT2D eigenvalue weighted by Crippen LogP contribution is -2.13. The summed E-state index contributed by atoms with van der Waals surface area (Å²) in [7, 11) is -3.35. The van der Waals surface area contributed by atoms with Crippen molar-refractivity contribution in [1.82, 2.24) is 4.98 Å². The van der Waals surface area contributed by atoms with Crippen molar-refractivity contribution in [3.8, 4) is 11.1 Å². The molecule has 1 heterocycles. The molecular formula is C24H19FN4O3S. The monoisotopic (exact) mass is 462 g/mol. The number of hydrogen-bond donors (Lipinski definition) is 4. The van der Waals surface area contributed by atoms with E-state index in [9.17, 15) is 18.2 Å². The Hall–Kier alpha value is -4.24. The summed E-state index contributed by atoms with van der Waals surface area (Å²) in [6, 6.07) is 19.4. The lowest BCUT2D eigenvalue weighted by atomic mass is 10.0. The Bertz CT molecular complexity index is 1480. The number of nitrogens with two attached hydrogens (primary N) is 1. The number of nitrogens with one attached hydrogen (secondary N) is 3. The molecule has 1 unspecified atom stereocenters. The van der Waals surface area contributed by atoms with Gasteiger partial charge in [0.25, 0.3) is 5.91 Å². The van der Waals surface area contributed by atoms with Gasteiger partial charge in [-0.25, -0.2) is 13.4 Å². The van der Waals surface area contributed by atoms with Gasteiger partial charge in [-0.1, -0.05) is 18.2 Å². The summed E-state index contributed by atoms with van der Waals surface area (Å²) in [5, 5.41) is 2.75. The number of hydrogen-bond acceptors (Lipinski definition) is 5. The van der Waals surface area contributed by atoms with Crippen molar-refractivity contribution in [2.24, 2.45) is 0 Å². The minimum atomic E-state index is -3.35. The highest BCUT2D eigenvalue weighted by molar-refractivity contribution is 7.92. The first-order valence-corrected chi connectivity index (χ1v) is 11.3. The molecule has 1 aromatic heterocycles. The Morgan fingerprint density at radius 3 is 2.18 bits per heavy atom. The SMILES string of the molecule is N=S(=O)(c1ccc(C(=O)Nc2cc(-c3ccc(F)cc3)ccc2N)cc1)c1ccc(=O)[nH]c1. The third-order valence-electron chi connectivity index (χ3n) is 5.02. The largest absolute Gasteiger partial charge is 0.397 e. The zero-order chi connectivity index (χ0) is 23.6. The fourth-order valence-corrected chi connectivity index (χ4v) is 4.47. The highest BCUT2D eigenvalue weighted by Crippen LogP contribution is 2.28. The zero-order valence-corrected chi connectivity index (χ0v) is 18.0. The summed E-state index contributed by atoms with van der Waals surface area (Å²) in [5.74, 6) is -0.784. The maximum atomic E-state index is 13.2. The maximum Gasteiger partial charge on any atom is 0.255 e. The van der Waals surface area contributed by atoms with E-state index in [1.807, 2.05) is 0 Å². The summed E-state index contributed by atoms with van der Waals surface area (Å²) in [6.45, 7) is 0. The lowest BCUT2D eigenvalue weighted by molar-refractivity contribution is 0.102. The van der Waals surface area contributed by atoms with Crippen molar-refractivity contribution in [2.75, 3.05) is 11.1 Å². The van der Waals surface area contributed by atoms with E-state index in [1.54, 1.807) is 30.3 Å². The van der Waals surface area contributed by atoms with E-state index in [0.717, 1.165) is 11.1 Å². The third kappa shape index (κ3) is 4.68. The number of aromatic amines is 1. The van der Waals surface area contributed by atoms with E-state index in [1.165, 1.54) is 54.7 Å². The van der Waals surface area contributed by atoms with Crippen LogP contribution in [0.4, 0.5) is 15.8 Å². The van der Waals surface area contributed by atoms with E-state index >= 15 is 0 Å².